The number of hydrogen-bond donors (Lipinski definition) is 1. The first kappa shape index (κ1) is 20.3. The van der Waals surface area contributed by atoms with Gasteiger partial charge in [0.1, 0.15) is 0 Å². The molecule has 29 heavy (non-hydrogen) atoms. The van der Waals surface area contributed by atoms with E-state index in [1.807, 2.05) is 26.0 Å². The van der Waals surface area contributed by atoms with Crippen molar-refractivity contribution in [1.29, 1.82) is 0 Å². The number of rotatable bonds is 5. The van der Waals surface area contributed by atoms with Gasteiger partial charge < -0.3 is 15.1 Å². The van der Waals surface area contributed by atoms with Crippen LogP contribution in [-0.4, -0.2) is 64.9 Å². The molecule has 3 aliphatic heterocycles. The standard InChI is InChI=1S/C23H34N4O2/c1-4-8-26-13-18-11-19(14-26)21(27-20(18)6-5-7-22(27)28)12-24-23(29)17-9-15(2)25-16(3)10-17/h9-10,18-21H,4-8,11-14H2,1-3H3,(H,24,29)/t18-,19+,20+,21+/m1/s1. The summed E-state index contributed by atoms with van der Waals surface area (Å²) < 4.78 is 0. The molecule has 6 heteroatoms. The smallest absolute Gasteiger partial charge is 0.251 e. The Bertz CT molecular complexity index is 758. The van der Waals surface area contributed by atoms with Crippen molar-refractivity contribution in [3.8, 4) is 0 Å². The average Bonchev–Trinajstić information content (AvgIpc) is 2.67. The fourth-order valence-corrected chi connectivity index (χ4v) is 5.90. The quantitative estimate of drug-likeness (QED) is 0.828. The summed E-state index contributed by atoms with van der Waals surface area (Å²) in [7, 11) is 0. The van der Waals surface area contributed by atoms with Gasteiger partial charge in [0.05, 0.1) is 6.04 Å². The topological polar surface area (TPSA) is 65.5 Å². The predicted octanol–water partition coefficient (Wildman–Crippen LogP) is 2.54. The van der Waals surface area contributed by atoms with Crippen molar-refractivity contribution >= 4 is 11.8 Å². The Morgan fingerprint density at radius 3 is 2.66 bits per heavy atom. The Morgan fingerprint density at radius 2 is 1.93 bits per heavy atom. The van der Waals surface area contributed by atoms with Crippen LogP contribution in [0.25, 0.3) is 0 Å². The molecule has 4 rings (SSSR count). The van der Waals surface area contributed by atoms with Gasteiger partial charge in [-0.25, -0.2) is 0 Å². The van der Waals surface area contributed by atoms with E-state index in [0.717, 1.165) is 50.3 Å². The lowest BCUT2D eigenvalue weighted by atomic mass is 9.72. The second-order valence-electron chi connectivity index (χ2n) is 9.19. The van der Waals surface area contributed by atoms with E-state index in [-0.39, 0.29) is 17.9 Å². The minimum Gasteiger partial charge on any atom is -0.350 e. The highest BCUT2D eigenvalue weighted by molar-refractivity contribution is 5.94. The molecule has 0 spiro atoms. The number of likely N-dealkylation sites (tertiary alicyclic amines) is 1. The van der Waals surface area contributed by atoms with Crippen molar-refractivity contribution in [1.82, 2.24) is 20.1 Å². The fraction of sp³-hybridized carbons (Fsp3) is 0.696. The van der Waals surface area contributed by atoms with Gasteiger partial charge in [0.25, 0.3) is 5.91 Å². The average molecular weight is 399 g/mol. The van der Waals surface area contributed by atoms with Gasteiger partial charge in [-0.05, 0) is 70.0 Å². The number of fused-ring (bicyclic) bond motifs is 4. The first-order valence-corrected chi connectivity index (χ1v) is 11.2. The lowest BCUT2D eigenvalue weighted by molar-refractivity contribution is -0.152. The molecule has 158 valence electrons. The molecule has 3 fully saturated rings. The van der Waals surface area contributed by atoms with Crippen LogP contribution in [0.2, 0.25) is 0 Å². The molecule has 0 aromatic carbocycles. The molecule has 4 heterocycles. The molecule has 1 N–H and O–H groups in total. The zero-order valence-electron chi connectivity index (χ0n) is 18.0. The van der Waals surface area contributed by atoms with Crippen molar-refractivity contribution in [2.24, 2.45) is 11.8 Å². The molecule has 3 saturated heterocycles. The normalized spacial score (nSPS) is 29.5. The van der Waals surface area contributed by atoms with E-state index in [2.05, 4.69) is 27.0 Å². The van der Waals surface area contributed by atoms with Gasteiger partial charge in [-0.2, -0.15) is 0 Å². The number of nitrogens with zero attached hydrogens (tertiary/aromatic N) is 3. The van der Waals surface area contributed by atoms with Crippen molar-refractivity contribution in [3.05, 3.63) is 29.1 Å². The third-order valence-corrected chi connectivity index (χ3v) is 6.93. The summed E-state index contributed by atoms with van der Waals surface area (Å²) in [6, 6.07) is 4.12. The van der Waals surface area contributed by atoms with Gasteiger partial charge >= 0.3 is 0 Å². The Hall–Kier alpha value is -1.95. The minimum absolute atomic E-state index is 0.0667. The maximum Gasteiger partial charge on any atom is 0.251 e. The highest BCUT2D eigenvalue weighted by Crippen LogP contribution is 2.41. The van der Waals surface area contributed by atoms with Gasteiger partial charge in [-0.1, -0.05) is 6.92 Å². The lowest BCUT2D eigenvalue weighted by Crippen LogP contribution is -2.67. The molecule has 6 nitrogen and oxygen atoms in total. The van der Waals surface area contributed by atoms with E-state index < -0.39 is 0 Å². The van der Waals surface area contributed by atoms with Crippen molar-refractivity contribution < 1.29 is 9.59 Å². The molecule has 1 aromatic rings. The number of carbonyl (C=O) groups is 2. The lowest BCUT2D eigenvalue weighted by Gasteiger charge is -2.56. The SMILES string of the molecule is CCCN1C[C@H]2C[C@@H](C1)[C@H](CNC(=O)c1cc(C)nc(C)c1)N1C(=O)CCC[C@@H]21. The zero-order valence-corrected chi connectivity index (χ0v) is 18.0. The summed E-state index contributed by atoms with van der Waals surface area (Å²) >= 11 is 0. The van der Waals surface area contributed by atoms with Gasteiger partial charge in [0, 0.05) is 49.0 Å². The molecule has 1 aromatic heterocycles. The van der Waals surface area contributed by atoms with Gasteiger partial charge in [-0.15, -0.1) is 0 Å². The molecule has 0 aliphatic carbocycles. The van der Waals surface area contributed by atoms with Crippen molar-refractivity contribution in [3.63, 3.8) is 0 Å². The molecule has 2 amide bonds. The van der Waals surface area contributed by atoms with Crippen LogP contribution in [0.1, 0.15) is 60.8 Å². The van der Waals surface area contributed by atoms with E-state index >= 15 is 0 Å². The van der Waals surface area contributed by atoms with Gasteiger partial charge in [-0.3, -0.25) is 14.6 Å². The van der Waals surface area contributed by atoms with Crippen LogP contribution in [0.3, 0.4) is 0 Å². The number of hydrogen-bond acceptors (Lipinski definition) is 4. The van der Waals surface area contributed by atoms with E-state index in [0.29, 0.717) is 36.4 Å². The summed E-state index contributed by atoms with van der Waals surface area (Å²) in [5.41, 5.74) is 2.36. The Balaban J connectivity index is 1.51. The summed E-state index contributed by atoms with van der Waals surface area (Å²) in [5, 5.41) is 3.15. The van der Waals surface area contributed by atoms with Crippen LogP contribution in [0.15, 0.2) is 12.1 Å². The number of pyridine rings is 1. The van der Waals surface area contributed by atoms with E-state index in [1.165, 1.54) is 6.42 Å². The molecular formula is C23H34N4O2. The Kier molecular flexibility index (Phi) is 5.91. The highest BCUT2D eigenvalue weighted by Gasteiger charge is 2.49. The monoisotopic (exact) mass is 398 g/mol. The predicted molar refractivity (Wildman–Crippen MR) is 113 cm³/mol. The third-order valence-electron chi connectivity index (χ3n) is 6.93. The maximum absolute atomic E-state index is 12.9. The number of aryl methyl sites for hydroxylation is 2. The third kappa shape index (κ3) is 4.18. The molecule has 3 aliphatic rings. The Morgan fingerprint density at radius 1 is 1.21 bits per heavy atom. The number of piperidine rings is 3. The summed E-state index contributed by atoms with van der Waals surface area (Å²) in [6.07, 6.45) is 5.11. The summed E-state index contributed by atoms with van der Waals surface area (Å²) in [5.74, 6) is 1.25. The molecule has 0 saturated carbocycles. The zero-order chi connectivity index (χ0) is 20.5. The largest absolute Gasteiger partial charge is 0.350 e. The van der Waals surface area contributed by atoms with Gasteiger partial charge in [0.2, 0.25) is 5.91 Å². The second kappa shape index (κ2) is 8.42. The van der Waals surface area contributed by atoms with Crippen molar-refractivity contribution in [2.75, 3.05) is 26.2 Å². The Labute approximate surface area is 174 Å². The fourth-order valence-electron chi connectivity index (χ4n) is 5.90. The minimum atomic E-state index is -0.0667. The van der Waals surface area contributed by atoms with E-state index in [9.17, 15) is 9.59 Å². The van der Waals surface area contributed by atoms with Crippen LogP contribution in [-0.2, 0) is 4.79 Å². The summed E-state index contributed by atoms with van der Waals surface area (Å²) in [6.45, 7) is 9.87. The molecular weight excluding hydrogens is 364 g/mol. The number of aromatic nitrogens is 1. The van der Waals surface area contributed by atoms with E-state index in [1.54, 1.807) is 0 Å². The first-order valence-electron chi connectivity index (χ1n) is 11.2. The maximum atomic E-state index is 12.9. The highest BCUT2D eigenvalue weighted by atomic mass is 16.2. The summed E-state index contributed by atoms with van der Waals surface area (Å²) in [4.78, 5) is 34.8. The molecule has 0 radical (unpaired) electrons. The first-order chi connectivity index (χ1) is 14.0. The van der Waals surface area contributed by atoms with Crippen LogP contribution >= 0.6 is 0 Å². The van der Waals surface area contributed by atoms with Gasteiger partial charge in [0.15, 0.2) is 0 Å². The molecule has 0 unspecified atom stereocenters. The number of carbonyl (C=O) groups excluding carboxylic acids is 2. The molecule has 2 bridgehead atoms. The van der Waals surface area contributed by atoms with Crippen LogP contribution in [0.5, 0.6) is 0 Å². The van der Waals surface area contributed by atoms with Crippen LogP contribution in [0.4, 0.5) is 0 Å². The number of nitrogens with one attached hydrogen (secondary N) is 1. The number of amides is 2. The van der Waals surface area contributed by atoms with Crippen molar-refractivity contribution in [2.45, 2.75) is 65.0 Å². The van der Waals surface area contributed by atoms with Crippen LogP contribution < -0.4 is 5.32 Å². The second-order valence-corrected chi connectivity index (χ2v) is 9.19. The van der Waals surface area contributed by atoms with Crippen LogP contribution in [0, 0.1) is 25.7 Å². The molecule has 4 atom stereocenters. The van der Waals surface area contributed by atoms with E-state index in [4.69, 9.17) is 0 Å².